The summed E-state index contributed by atoms with van der Waals surface area (Å²) in [5, 5.41) is 5.09. The Morgan fingerprint density at radius 2 is 1.00 bits per heavy atom. The first-order valence-electron chi connectivity index (χ1n) is 16.5. The van der Waals surface area contributed by atoms with E-state index in [-0.39, 0.29) is 5.41 Å². The molecule has 1 aliphatic rings. The minimum atomic E-state index is -0.0657. The number of para-hydroxylation sites is 4. The van der Waals surface area contributed by atoms with Gasteiger partial charge in [0.05, 0.1) is 22.1 Å². The molecule has 0 amide bonds. The van der Waals surface area contributed by atoms with Gasteiger partial charge in [0.2, 0.25) is 0 Å². The van der Waals surface area contributed by atoms with Crippen LogP contribution in [0.3, 0.4) is 0 Å². The smallest absolute Gasteiger partial charge is 0.0619 e. The zero-order chi connectivity index (χ0) is 31.3. The average molecular weight is 601 g/mol. The topological polar surface area (TPSA) is 9.86 Å². The monoisotopic (exact) mass is 600 g/mol. The van der Waals surface area contributed by atoms with Crippen molar-refractivity contribution in [3.8, 4) is 33.6 Å². The Labute approximate surface area is 273 Å². The summed E-state index contributed by atoms with van der Waals surface area (Å²) in [7, 11) is 0. The minimum Gasteiger partial charge on any atom is -0.309 e. The predicted octanol–water partition coefficient (Wildman–Crippen LogP) is 11.9. The van der Waals surface area contributed by atoms with Gasteiger partial charge in [-0.1, -0.05) is 117 Å². The van der Waals surface area contributed by atoms with Gasteiger partial charge >= 0.3 is 0 Å². The van der Waals surface area contributed by atoms with E-state index in [4.69, 9.17) is 0 Å². The van der Waals surface area contributed by atoms with E-state index in [1.807, 2.05) is 0 Å². The molecule has 47 heavy (non-hydrogen) atoms. The van der Waals surface area contributed by atoms with Gasteiger partial charge in [-0.15, -0.1) is 0 Å². The lowest BCUT2D eigenvalue weighted by Crippen LogP contribution is -2.14. The highest BCUT2D eigenvalue weighted by Gasteiger charge is 2.36. The van der Waals surface area contributed by atoms with Crippen molar-refractivity contribution >= 4 is 43.6 Å². The second-order valence-electron chi connectivity index (χ2n) is 13.4. The normalized spacial score (nSPS) is 13.5. The van der Waals surface area contributed by atoms with Crippen LogP contribution in [0.25, 0.3) is 77.2 Å². The summed E-state index contributed by atoms with van der Waals surface area (Å²) in [4.78, 5) is 0. The summed E-state index contributed by atoms with van der Waals surface area (Å²) in [6.07, 6.45) is 0. The van der Waals surface area contributed by atoms with E-state index >= 15 is 0 Å². The van der Waals surface area contributed by atoms with Gasteiger partial charge in [0.15, 0.2) is 0 Å². The van der Waals surface area contributed by atoms with E-state index in [9.17, 15) is 0 Å². The first-order chi connectivity index (χ1) is 23.1. The third kappa shape index (κ3) is 3.61. The molecule has 10 rings (SSSR count). The Hall–Kier alpha value is -5.86. The van der Waals surface area contributed by atoms with Crippen LogP contribution in [-0.4, -0.2) is 9.13 Å². The number of nitrogens with zero attached hydrogens (tertiary/aromatic N) is 2. The Balaban J connectivity index is 1.30. The summed E-state index contributed by atoms with van der Waals surface area (Å²) in [5.74, 6) is 0. The molecule has 0 N–H and O–H groups in total. The first kappa shape index (κ1) is 26.4. The van der Waals surface area contributed by atoms with Gasteiger partial charge in [-0.05, 0) is 82.4 Å². The summed E-state index contributed by atoms with van der Waals surface area (Å²) < 4.78 is 4.89. The number of hydrogen-bond donors (Lipinski definition) is 0. The van der Waals surface area contributed by atoms with Crippen LogP contribution in [-0.2, 0) is 5.41 Å². The number of hydrogen-bond acceptors (Lipinski definition) is 0. The molecule has 7 aromatic carbocycles. The SMILES string of the molecule is CC1(C)c2ccccc2-c2cc3c4cc(-c5cccc6c7ccccc7n(-c7ccccc7)c56)ccc4n(-c4ccccc4)c3cc21. The molecular formula is C45H32N2. The molecule has 2 heteroatoms. The van der Waals surface area contributed by atoms with Crippen molar-refractivity contribution in [1.29, 1.82) is 0 Å². The second kappa shape index (κ2) is 9.57. The van der Waals surface area contributed by atoms with Crippen molar-refractivity contribution in [2.24, 2.45) is 0 Å². The van der Waals surface area contributed by atoms with Gasteiger partial charge in [0.1, 0.15) is 0 Å². The maximum absolute atomic E-state index is 2.46. The highest BCUT2D eigenvalue weighted by Crippen LogP contribution is 2.51. The molecule has 0 aliphatic heterocycles. The molecule has 2 heterocycles. The van der Waals surface area contributed by atoms with E-state index < -0.39 is 0 Å². The van der Waals surface area contributed by atoms with Crippen LogP contribution in [0.1, 0.15) is 25.0 Å². The number of rotatable bonds is 3. The van der Waals surface area contributed by atoms with Gasteiger partial charge in [-0.25, -0.2) is 0 Å². The zero-order valence-electron chi connectivity index (χ0n) is 26.4. The van der Waals surface area contributed by atoms with Gasteiger partial charge in [0.25, 0.3) is 0 Å². The molecule has 222 valence electrons. The molecule has 0 fully saturated rings. The zero-order valence-corrected chi connectivity index (χ0v) is 26.4. The Kier molecular flexibility index (Phi) is 5.37. The lowest BCUT2D eigenvalue weighted by molar-refractivity contribution is 0.661. The maximum atomic E-state index is 2.46. The highest BCUT2D eigenvalue weighted by atomic mass is 15.0. The third-order valence-electron chi connectivity index (χ3n) is 10.5. The fourth-order valence-corrected chi connectivity index (χ4v) is 8.33. The van der Waals surface area contributed by atoms with Crippen molar-refractivity contribution in [1.82, 2.24) is 9.13 Å². The van der Waals surface area contributed by atoms with Crippen LogP contribution in [0.4, 0.5) is 0 Å². The average Bonchev–Trinajstić information content (AvgIpc) is 3.71. The number of benzene rings is 7. The Morgan fingerprint density at radius 1 is 0.383 bits per heavy atom. The minimum absolute atomic E-state index is 0.0657. The van der Waals surface area contributed by atoms with Gasteiger partial charge in [-0.2, -0.15) is 0 Å². The summed E-state index contributed by atoms with van der Waals surface area (Å²) in [6.45, 7) is 4.73. The lowest BCUT2D eigenvalue weighted by Gasteiger charge is -2.21. The van der Waals surface area contributed by atoms with E-state index in [2.05, 4.69) is 181 Å². The van der Waals surface area contributed by atoms with Crippen LogP contribution in [0, 0.1) is 0 Å². The molecule has 0 bridgehead atoms. The largest absolute Gasteiger partial charge is 0.309 e. The molecule has 2 aromatic heterocycles. The van der Waals surface area contributed by atoms with Crippen molar-refractivity contribution in [2.45, 2.75) is 19.3 Å². The predicted molar refractivity (Wildman–Crippen MR) is 198 cm³/mol. The van der Waals surface area contributed by atoms with Crippen LogP contribution in [0.2, 0.25) is 0 Å². The van der Waals surface area contributed by atoms with E-state index in [0.29, 0.717) is 0 Å². The molecule has 0 saturated heterocycles. The quantitative estimate of drug-likeness (QED) is 0.191. The van der Waals surface area contributed by atoms with Gasteiger partial charge in [-0.3, -0.25) is 0 Å². The fourth-order valence-electron chi connectivity index (χ4n) is 8.33. The van der Waals surface area contributed by atoms with Crippen molar-refractivity contribution in [3.05, 3.63) is 169 Å². The second-order valence-corrected chi connectivity index (χ2v) is 13.4. The highest BCUT2D eigenvalue weighted by molar-refractivity contribution is 6.16. The first-order valence-corrected chi connectivity index (χ1v) is 16.5. The Bertz CT molecular complexity index is 2690. The maximum Gasteiger partial charge on any atom is 0.0619 e. The number of aromatic nitrogens is 2. The van der Waals surface area contributed by atoms with Crippen LogP contribution in [0.15, 0.2) is 158 Å². The molecule has 0 saturated carbocycles. The van der Waals surface area contributed by atoms with Crippen molar-refractivity contribution in [3.63, 3.8) is 0 Å². The van der Waals surface area contributed by atoms with Gasteiger partial charge < -0.3 is 9.13 Å². The molecule has 0 unspecified atom stereocenters. The van der Waals surface area contributed by atoms with Crippen molar-refractivity contribution < 1.29 is 0 Å². The van der Waals surface area contributed by atoms with Gasteiger partial charge in [0, 0.05) is 43.9 Å². The summed E-state index contributed by atoms with van der Waals surface area (Å²) >= 11 is 0. The molecule has 1 aliphatic carbocycles. The molecule has 2 nitrogen and oxygen atoms in total. The summed E-state index contributed by atoms with van der Waals surface area (Å²) in [6, 6.07) is 58.0. The van der Waals surface area contributed by atoms with E-state index in [1.165, 1.54) is 88.4 Å². The molecular weight excluding hydrogens is 569 g/mol. The standard InChI is InChI=1S/C45H32N2/c1-45(2)39-22-11-9-18-33(39)36-27-38-37-26-29(24-25-42(37)46(43(38)28-40(36)45)30-14-5-3-6-15-30)32-20-13-21-35-34-19-10-12-23-41(34)47(44(32)35)31-16-7-4-8-17-31/h3-28H,1-2H3. The Morgan fingerprint density at radius 3 is 1.81 bits per heavy atom. The van der Waals surface area contributed by atoms with Crippen LogP contribution >= 0.6 is 0 Å². The molecule has 0 atom stereocenters. The molecule has 0 radical (unpaired) electrons. The molecule has 0 spiro atoms. The lowest BCUT2D eigenvalue weighted by atomic mass is 9.82. The summed E-state index contributed by atoms with van der Waals surface area (Å²) in [5.41, 5.74) is 15.2. The fraction of sp³-hybridized carbons (Fsp3) is 0.0667. The van der Waals surface area contributed by atoms with Crippen molar-refractivity contribution in [2.75, 3.05) is 0 Å². The van der Waals surface area contributed by atoms with E-state index in [1.54, 1.807) is 0 Å². The van der Waals surface area contributed by atoms with E-state index in [0.717, 1.165) is 0 Å². The van der Waals surface area contributed by atoms with Crippen LogP contribution in [0.5, 0.6) is 0 Å². The molecule has 9 aromatic rings. The number of fused-ring (bicyclic) bond motifs is 9. The van der Waals surface area contributed by atoms with Crippen LogP contribution < -0.4 is 0 Å². The third-order valence-corrected chi connectivity index (χ3v) is 10.5.